The first kappa shape index (κ1) is 21.1. The second-order valence-electron chi connectivity index (χ2n) is 9.58. The minimum Gasteiger partial charge on any atom is -0.320 e. The first-order valence-corrected chi connectivity index (χ1v) is 12.2. The van der Waals surface area contributed by atoms with Gasteiger partial charge >= 0.3 is 5.69 Å². The number of aromatic nitrogens is 2. The van der Waals surface area contributed by atoms with Crippen molar-refractivity contribution >= 4 is 27.3 Å². The van der Waals surface area contributed by atoms with Crippen molar-refractivity contribution in [3.8, 4) is 0 Å². The van der Waals surface area contributed by atoms with Crippen LogP contribution in [-0.2, 0) is 17.1 Å². The molecule has 6 rings (SSSR count). The number of hydrogen-bond acceptors (Lipinski definition) is 6. The van der Waals surface area contributed by atoms with Gasteiger partial charge in [-0.2, -0.15) is 5.10 Å². The van der Waals surface area contributed by atoms with Crippen molar-refractivity contribution in [1.82, 2.24) is 14.5 Å². The van der Waals surface area contributed by atoms with Gasteiger partial charge in [-0.25, -0.2) is 13.1 Å². The maximum absolute atomic E-state index is 13.1. The summed E-state index contributed by atoms with van der Waals surface area (Å²) < 4.78 is 30.4. The zero-order valence-corrected chi connectivity index (χ0v) is 18.5. The van der Waals surface area contributed by atoms with Gasteiger partial charge in [0.2, 0.25) is 15.7 Å². The van der Waals surface area contributed by atoms with E-state index in [1.165, 1.54) is 55.3 Å². The van der Waals surface area contributed by atoms with E-state index in [0.717, 1.165) is 25.5 Å². The van der Waals surface area contributed by atoms with E-state index in [-0.39, 0.29) is 16.1 Å². The molecule has 1 amide bonds. The average molecular weight is 460 g/mol. The molecule has 0 saturated heterocycles. The van der Waals surface area contributed by atoms with Crippen molar-refractivity contribution in [3.63, 3.8) is 0 Å². The lowest BCUT2D eigenvalue weighted by Crippen LogP contribution is -2.59. The van der Waals surface area contributed by atoms with E-state index in [4.69, 9.17) is 0 Å². The van der Waals surface area contributed by atoms with E-state index >= 15 is 0 Å². The number of benzene rings is 1. The summed E-state index contributed by atoms with van der Waals surface area (Å²) in [6.07, 6.45) is 7.57. The second-order valence-corrected chi connectivity index (χ2v) is 11.3. The number of nitrogens with one attached hydrogen (secondary N) is 2. The number of carbonyl (C=O) groups is 1. The molecule has 32 heavy (non-hydrogen) atoms. The van der Waals surface area contributed by atoms with Gasteiger partial charge in [-0.3, -0.25) is 19.6 Å². The lowest BCUT2D eigenvalue weighted by molar-refractivity contribution is -0.385. The minimum absolute atomic E-state index is 0.134. The highest BCUT2D eigenvalue weighted by atomic mass is 32.2. The molecule has 0 aliphatic heterocycles. The Kier molecular flexibility index (Phi) is 4.86. The highest BCUT2D eigenvalue weighted by Gasteiger charge is 2.52. The monoisotopic (exact) mass is 459 g/mol. The predicted octanol–water partition coefficient (Wildman–Crippen LogP) is 2.83. The van der Waals surface area contributed by atoms with Gasteiger partial charge in [0.25, 0.3) is 5.91 Å². The van der Waals surface area contributed by atoms with Gasteiger partial charge in [0.1, 0.15) is 6.20 Å². The predicted molar refractivity (Wildman–Crippen MR) is 115 cm³/mol. The molecule has 0 radical (unpaired) electrons. The van der Waals surface area contributed by atoms with Crippen molar-refractivity contribution in [2.24, 2.45) is 24.8 Å². The number of nitrogens with zero attached hydrogens (tertiary/aromatic N) is 3. The van der Waals surface area contributed by atoms with Crippen LogP contribution >= 0.6 is 0 Å². The first-order chi connectivity index (χ1) is 15.1. The summed E-state index contributed by atoms with van der Waals surface area (Å²) in [5.41, 5.74) is -0.719. The van der Waals surface area contributed by atoms with Crippen LogP contribution in [0.2, 0.25) is 0 Å². The molecule has 4 aliphatic rings. The molecule has 0 unspecified atom stereocenters. The molecule has 0 spiro atoms. The fraction of sp³-hybridized carbons (Fsp3) is 0.524. The van der Waals surface area contributed by atoms with Gasteiger partial charge in [0.15, 0.2) is 0 Å². The average Bonchev–Trinajstić information content (AvgIpc) is 3.09. The van der Waals surface area contributed by atoms with Crippen molar-refractivity contribution in [2.75, 3.05) is 5.32 Å². The molecule has 10 nitrogen and oxygen atoms in total. The van der Waals surface area contributed by atoms with E-state index in [0.29, 0.717) is 23.4 Å². The van der Waals surface area contributed by atoms with Crippen LogP contribution in [-0.4, -0.2) is 34.6 Å². The Morgan fingerprint density at radius 1 is 1.12 bits per heavy atom. The molecule has 2 N–H and O–H groups in total. The highest BCUT2D eigenvalue weighted by molar-refractivity contribution is 7.89. The van der Waals surface area contributed by atoms with Crippen molar-refractivity contribution in [3.05, 3.63) is 46.3 Å². The van der Waals surface area contributed by atoms with Crippen LogP contribution in [0, 0.1) is 27.9 Å². The molecule has 1 heterocycles. The van der Waals surface area contributed by atoms with Crippen molar-refractivity contribution in [2.45, 2.75) is 49.0 Å². The number of nitro groups is 1. The van der Waals surface area contributed by atoms with Gasteiger partial charge in [-0.15, -0.1) is 0 Å². The number of anilines is 1. The van der Waals surface area contributed by atoms with E-state index in [9.17, 15) is 23.3 Å². The number of rotatable bonds is 6. The molecule has 11 heteroatoms. The lowest BCUT2D eigenvalue weighted by atomic mass is 9.53. The molecular weight excluding hydrogens is 434 g/mol. The summed E-state index contributed by atoms with van der Waals surface area (Å²) in [6, 6.07) is 5.82. The fourth-order valence-electron chi connectivity index (χ4n) is 6.26. The Morgan fingerprint density at radius 3 is 2.22 bits per heavy atom. The highest BCUT2D eigenvalue weighted by Crippen LogP contribution is 2.55. The van der Waals surface area contributed by atoms with Gasteiger partial charge in [-0.1, -0.05) is 0 Å². The van der Waals surface area contributed by atoms with Crippen LogP contribution in [0.3, 0.4) is 0 Å². The molecule has 2 aromatic rings. The van der Waals surface area contributed by atoms with E-state index in [1.807, 2.05) is 0 Å². The zero-order chi connectivity index (χ0) is 22.7. The van der Waals surface area contributed by atoms with Crippen LogP contribution in [0.4, 0.5) is 11.4 Å². The third kappa shape index (κ3) is 3.79. The second kappa shape index (κ2) is 7.38. The summed E-state index contributed by atoms with van der Waals surface area (Å²) in [7, 11) is -2.22. The summed E-state index contributed by atoms with van der Waals surface area (Å²) in [5, 5.41) is 17.5. The van der Waals surface area contributed by atoms with Gasteiger partial charge in [0, 0.05) is 18.3 Å². The summed E-state index contributed by atoms with van der Waals surface area (Å²) in [5.74, 6) is 1.13. The largest absolute Gasteiger partial charge is 0.320 e. The van der Waals surface area contributed by atoms with Crippen LogP contribution in [0.5, 0.6) is 0 Å². The number of hydrogen-bond donors (Lipinski definition) is 2. The van der Waals surface area contributed by atoms with Crippen LogP contribution in [0.25, 0.3) is 0 Å². The molecule has 4 aliphatic carbocycles. The molecule has 4 fully saturated rings. The van der Waals surface area contributed by atoms with E-state index in [1.54, 1.807) is 0 Å². The Balaban J connectivity index is 1.30. The third-order valence-corrected chi connectivity index (χ3v) is 8.63. The summed E-state index contributed by atoms with van der Waals surface area (Å²) >= 11 is 0. The molecular formula is C21H25N5O5S. The quantitative estimate of drug-likeness (QED) is 0.503. The van der Waals surface area contributed by atoms with Crippen LogP contribution in [0.1, 0.15) is 49.0 Å². The standard InChI is InChI=1S/C21H25N5O5S/c1-25-12-18(26(28)29)19(23-25)20(27)22-16-2-4-17(5-3-16)32(30,31)24-21-9-13-6-14(10-21)8-15(7-13)11-21/h2-5,12-15,24H,6-11H2,1H3,(H,22,27). The summed E-state index contributed by atoms with van der Waals surface area (Å²) in [4.78, 5) is 23.0. The number of carbonyl (C=O) groups excluding carboxylic acids is 1. The van der Waals surface area contributed by atoms with E-state index < -0.39 is 26.5 Å². The van der Waals surface area contributed by atoms with Crippen LogP contribution in [0.15, 0.2) is 35.4 Å². The Morgan fingerprint density at radius 2 is 1.69 bits per heavy atom. The summed E-state index contributed by atoms with van der Waals surface area (Å²) in [6.45, 7) is 0. The molecule has 1 aromatic carbocycles. The van der Waals surface area contributed by atoms with Gasteiger partial charge in [-0.05, 0) is 80.5 Å². The minimum atomic E-state index is -3.70. The van der Waals surface area contributed by atoms with E-state index in [2.05, 4.69) is 15.1 Å². The normalized spacial score (nSPS) is 28.6. The SMILES string of the molecule is Cn1cc([N+](=O)[O-])c(C(=O)Nc2ccc(S(=O)(=O)NC34CC5CC(CC(C5)C3)C4)cc2)n1. The Labute approximate surface area is 185 Å². The Bertz CT molecular complexity index is 1150. The Hall–Kier alpha value is -2.79. The lowest BCUT2D eigenvalue weighted by Gasteiger charge is -2.56. The third-order valence-electron chi connectivity index (χ3n) is 7.03. The topological polar surface area (TPSA) is 136 Å². The first-order valence-electron chi connectivity index (χ1n) is 10.8. The molecule has 4 bridgehead atoms. The molecule has 1 aromatic heterocycles. The molecule has 170 valence electrons. The maximum atomic E-state index is 13.1. The molecule has 4 saturated carbocycles. The van der Waals surface area contributed by atoms with Gasteiger partial charge in [0.05, 0.1) is 9.82 Å². The van der Waals surface area contributed by atoms with Crippen molar-refractivity contribution in [1.29, 1.82) is 0 Å². The number of sulfonamides is 1. The fourth-order valence-corrected chi connectivity index (χ4v) is 7.69. The van der Waals surface area contributed by atoms with Crippen LogP contribution < -0.4 is 10.0 Å². The smallest absolute Gasteiger partial charge is 0.320 e. The van der Waals surface area contributed by atoms with Crippen molar-refractivity contribution < 1.29 is 18.1 Å². The zero-order valence-electron chi connectivity index (χ0n) is 17.7. The molecule has 0 atom stereocenters. The number of amides is 1. The maximum Gasteiger partial charge on any atom is 0.320 e. The number of aryl methyl sites for hydroxylation is 1. The van der Waals surface area contributed by atoms with Gasteiger partial charge < -0.3 is 5.32 Å².